The Bertz CT molecular complexity index is 747. The highest BCUT2D eigenvalue weighted by Crippen LogP contribution is 2.30. The predicted molar refractivity (Wildman–Crippen MR) is 99.1 cm³/mol. The van der Waals surface area contributed by atoms with Crippen molar-refractivity contribution in [3.8, 4) is 0 Å². The first-order chi connectivity index (χ1) is 11.4. The Labute approximate surface area is 147 Å². The van der Waals surface area contributed by atoms with Crippen LogP contribution in [0.5, 0.6) is 0 Å². The van der Waals surface area contributed by atoms with Gasteiger partial charge in [0.1, 0.15) is 5.82 Å². The van der Waals surface area contributed by atoms with Crippen molar-refractivity contribution >= 4 is 34.0 Å². The molecule has 0 spiro atoms. The lowest BCUT2D eigenvalue weighted by Crippen LogP contribution is -2.51. The second-order valence-electron chi connectivity index (χ2n) is 6.74. The van der Waals surface area contributed by atoms with E-state index in [1.54, 1.807) is 11.3 Å². The molecule has 0 N–H and O–H groups in total. The molecular formula is C17H25N5OS. The summed E-state index contributed by atoms with van der Waals surface area (Å²) in [6.07, 6.45) is 0. The van der Waals surface area contributed by atoms with Crippen LogP contribution >= 0.6 is 11.3 Å². The van der Waals surface area contributed by atoms with Gasteiger partial charge in [-0.3, -0.25) is 9.69 Å². The number of aromatic nitrogens is 2. The Kier molecular flexibility index (Phi) is 4.73. The summed E-state index contributed by atoms with van der Waals surface area (Å²) < 4.78 is 0. The Balaban J connectivity index is 1.88. The van der Waals surface area contributed by atoms with E-state index in [0.717, 1.165) is 42.9 Å². The van der Waals surface area contributed by atoms with Crippen molar-refractivity contribution in [1.82, 2.24) is 19.8 Å². The molecule has 0 unspecified atom stereocenters. The van der Waals surface area contributed by atoms with Gasteiger partial charge in [0.25, 0.3) is 5.91 Å². The normalized spacial score (nSPS) is 16.2. The molecule has 0 atom stereocenters. The van der Waals surface area contributed by atoms with E-state index in [-0.39, 0.29) is 5.91 Å². The fourth-order valence-electron chi connectivity index (χ4n) is 3.09. The second-order valence-corrected chi connectivity index (χ2v) is 7.82. The van der Waals surface area contributed by atoms with Crippen molar-refractivity contribution in [2.45, 2.75) is 26.8 Å². The van der Waals surface area contributed by atoms with Crippen LogP contribution in [-0.2, 0) is 0 Å². The van der Waals surface area contributed by atoms with E-state index >= 15 is 0 Å². The van der Waals surface area contributed by atoms with Crippen molar-refractivity contribution in [3.63, 3.8) is 0 Å². The molecule has 0 radical (unpaired) electrons. The SMILES string of the molecule is Cc1scc2nc(C(=O)N3CCN(C(C)C)CC3)nc(N(C)C)c12. The lowest BCUT2D eigenvalue weighted by atomic mass is 10.2. The van der Waals surface area contributed by atoms with E-state index in [2.05, 4.69) is 35.6 Å². The number of hydrogen-bond donors (Lipinski definition) is 0. The second kappa shape index (κ2) is 6.64. The number of piperazine rings is 1. The summed E-state index contributed by atoms with van der Waals surface area (Å²) in [5.41, 5.74) is 0.861. The van der Waals surface area contributed by atoms with Crippen LogP contribution in [0.4, 0.5) is 5.82 Å². The lowest BCUT2D eigenvalue weighted by molar-refractivity contribution is 0.0584. The molecule has 0 saturated carbocycles. The molecule has 0 aromatic carbocycles. The van der Waals surface area contributed by atoms with E-state index in [0.29, 0.717) is 11.9 Å². The minimum Gasteiger partial charge on any atom is -0.362 e. The van der Waals surface area contributed by atoms with Gasteiger partial charge < -0.3 is 9.80 Å². The highest BCUT2D eigenvalue weighted by molar-refractivity contribution is 7.11. The molecule has 0 bridgehead atoms. The molecule has 2 aromatic heterocycles. The van der Waals surface area contributed by atoms with Crippen LogP contribution in [0.3, 0.4) is 0 Å². The zero-order valence-corrected chi connectivity index (χ0v) is 15.9. The zero-order chi connectivity index (χ0) is 17.4. The van der Waals surface area contributed by atoms with Gasteiger partial charge in [0, 0.05) is 56.6 Å². The highest BCUT2D eigenvalue weighted by Gasteiger charge is 2.26. The molecular weight excluding hydrogens is 322 g/mol. The summed E-state index contributed by atoms with van der Waals surface area (Å²) in [5, 5.41) is 3.05. The first kappa shape index (κ1) is 17.1. The van der Waals surface area contributed by atoms with Crippen LogP contribution < -0.4 is 4.90 Å². The quantitative estimate of drug-likeness (QED) is 0.852. The minimum absolute atomic E-state index is 0.0627. The highest BCUT2D eigenvalue weighted by atomic mass is 32.1. The number of hydrogen-bond acceptors (Lipinski definition) is 6. The first-order valence-electron chi connectivity index (χ1n) is 8.35. The van der Waals surface area contributed by atoms with Crippen molar-refractivity contribution in [3.05, 3.63) is 16.1 Å². The number of thiophene rings is 1. The summed E-state index contributed by atoms with van der Waals surface area (Å²) in [5.74, 6) is 1.07. The summed E-state index contributed by atoms with van der Waals surface area (Å²) in [6, 6.07) is 0.518. The molecule has 7 heteroatoms. The molecule has 1 amide bonds. The van der Waals surface area contributed by atoms with E-state index in [4.69, 9.17) is 0 Å². The number of aryl methyl sites for hydroxylation is 1. The third-order valence-corrected chi connectivity index (χ3v) is 5.46. The van der Waals surface area contributed by atoms with E-state index in [1.807, 2.05) is 29.3 Å². The first-order valence-corrected chi connectivity index (χ1v) is 9.23. The number of carbonyl (C=O) groups excluding carboxylic acids is 1. The Morgan fingerprint density at radius 3 is 2.46 bits per heavy atom. The summed E-state index contributed by atoms with van der Waals surface area (Å²) in [7, 11) is 3.91. The van der Waals surface area contributed by atoms with Crippen LogP contribution in [0, 0.1) is 6.92 Å². The minimum atomic E-state index is -0.0627. The van der Waals surface area contributed by atoms with Gasteiger partial charge in [0.15, 0.2) is 0 Å². The average Bonchev–Trinajstić information content (AvgIpc) is 2.94. The number of nitrogens with zero attached hydrogens (tertiary/aromatic N) is 5. The Hall–Kier alpha value is -1.73. The molecule has 24 heavy (non-hydrogen) atoms. The number of carbonyl (C=O) groups is 1. The molecule has 1 aliphatic rings. The van der Waals surface area contributed by atoms with Gasteiger partial charge in [-0.2, -0.15) is 0 Å². The molecule has 1 fully saturated rings. The van der Waals surface area contributed by atoms with Gasteiger partial charge in [-0.15, -0.1) is 11.3 Å². The Morgan fingerprint density at radius 1 is 1.21 bits per heavy atom. The number of amides is 1. The summed E-state index contributed by atoms with van der Waals surface area (Å²) in [6.45, 7) is 9.73. The summed E-state index contributed by atoms with van der Waals surface area (Å²) >= 11 is 1.65. The van der Waals surface area contributed by atoms with E-state index in [9.17, 15) is 4.79 Å². The number of fused-ring (bicyclic) bond motifs is 1. The Morgan fingerprint density at radius 2 is 1.88 bits per heavy atom. The molecule has 130 valence electrons. The van der Waals surface area contributed by atoms with E-state index in [1.165, 1.54) is 4.88 Å². The fraction of sp³-hybridized carbons (Fsp3) is 0.588. The van der Waals surface area contributed by atoms with Crippen molar-refractivity contribution < 1.29 is 4.79 Å². The summed E-state index contributed by atoms with van der Waals surface area (Å²) in [4.78, 5) is 29.4. The maximum atomic E-state index is 12.9. The fourth-order valence-corrected chi connectivity index (χ4v) is 3.87. The van der Waals surface area contributed by atoms with Gasteiger partial charge >= 0.3 is 0 Å². The number of anilines is 1. The largest absolute Gasteiger partial charge is 0.362 e. The topological polar surface area (TPSA) is 52.6 Å². The van der Waals surface area contributed by atoms with Gasteiger partial charge in [-0.25, -0.2) is 9.97 Å². The van der Waals surface area contributed by atoms with Gasteiger partial charge in [0.2, 0.25) is 5.82 Å². The van der Waals surface area contributed by atoms with Crippen LogP contribution in [-0.4, -0.2) is 72.0 Å². The number of rotatable bonds is 3. The smallest absolute Gasteiger partial charge is 0.291 e. The van der Waals surface area contributed by atoms with E-state index < -0.39 is 0 Å². The molecule has 1 aliphatic heterocycles. The predicted octanol–water partition coefficient (Wildman–Crippen LogP) is 2.23. The molecule has 2 aromatic rings. The lowest BCUT2D eigenvalue weighted by Gasteiger charge is -2.36. The molecule has 3 heterocycles. The van der Waals surface area contributed by atoms with Crippen molar-refractivity contribution in [1.29, 1.82) is 0 Å². The monoisotopic (exact) mass is 347 g/mol. The van der Waals surface area contributed by atoms with Gasteiger partial charge in [-0.05, 0) is 20.8 Å². The van der Waals surface area contributed by atoms with Gasteiger partial charge in [-0.1, -0.05) is 0 Å². The van der Waals surface area contributed by atoms with Crippen LogP contribution in [0.15, 0.2) is 5.38 Å². The molecule has 1 saturated heterocycles. The average molecular weight is 347 g/mol. The maximum absolute atomic E-state index is 12.9. The third-order valence-electron chi connectivity index (χ3n) is 4.56. The standard InChI is InChI=1S/C17H25N5OS/c1-11(2)21-6-8-22(9-7-21)17(23)15-18-13-10-24-12(3)14(13)16(19-15)20(4)5/h10-11H,6-9H2,1-5H3. The zero-order valence-electron chi connectivity index (χ0n) is 15.0. The van der Waals surface area contributed by atoms with Crippen LogP contribution in [0.25, 0.3) is 10.9 Å². The van der Waals surface area contributed by atoms with Crippen molar-refractivity contribution in [2.24, 2.45) is 0 Å². The molecule has 3 rings (SSSR count). The van der Waals surface area contributed by atoms with Gasteiger partial charge in [0.05, 0.1) is 10.9 Å². The molecule has 0 aliphatic carbocycles. The maximum Gasteiger partial charge on any atom is 0.291 e. The molecule has 6 nitrogen and oxygen atoms in total. The van der Waals surface area contributed by atoms with Crippen molar-refractivity contribution in [2.75, 3.05) is 45.2 Å². The third kappa shape index (κ3) is 3.10. The van der Waals surface area contributed by atoms with Crippen LogP contribution in [0.2, 0.25) is 0 Å². The van der Waals surface area contributed by atoms with Crippen LogP contribution in [0.1, 0.15) is 29.3 Å².